The summed E-state index contributed by atoms with van der Waals surface area (Å²) < 4.78 is 86.8. The van der Waals surface area contributed by atoms with Crippen LogP contribution in [0.2, 0.25) is 25.7 Å². The lowest BCUT2D eigenvalue weighted by Gasteiger charge is -2.22. The Hall–Kier alpha value is -3.30. The molecule has 0 amide bonds. The number of aromatic nitrogens is 3. The van der Waals surface area contributed by atoms with Crippen LogP contribution >= 0.6 is 0 Å². The molecule has 0 saturated carbocycles. The van der Waals surface area contributed by atoms with Crippen LogP contribution in [0.25, 0.3) is 33.5 Å². The fraction of sp³-hybridized carbons (Fsp3) is 0.471. The molecule has 2 saturated heterocycles. The fourth-order valence-corrected chi connectivity index (χ4v) is 8.03. The highest BCUT2D eigenvalue weighted by atomic mass is 32.2. The molecule has 0 N–H and O–H groups in total. The van der Waals surface area contributed by atoms with Gasteiger partial charge in [0.2, 0.25) is 0 Å². The van der Waals surface area contributed by atoms with Crippen molar-refractivity contribution in [1.82, 2.24) is 14.5 Å². The Morgan fingerprint density at radius 2 is 1.67 bits per heavy atom. The summed E-state index contributed by atoms with van der Waals surface area (Å²) in [5, 5.41) is 0. The third-order valence-electron chi connectivity index (χ3n) is 8.53. The summed E-state index contributed by atoms with van der Waals surface area (Å²) in [6.45, 7) is 9.32. The van der Waals surface area contributed by atoms with Crippen LogP contribution in [0.1, 0.15) is 13.3 Å². The van der Waals surface area contributed by atoms with E-state index in [1.807, 2.05) is 36.4 Å². The lowest BCUT2D eigenvalue weighted by Crippen LogP contribution is -2.41. The molecule has 2 atom stereocenters. The van der Waals surface area contributed by atoms with Gasteiger partial charge in [-0.05, 0) is 35.7 Å². The summed E-state index contributed by atoms with van der Waals surface area (Å²) in [5.74, 6) is -2.96. The molecule has 4 aromatic rings. The van der Waals surface area contributed by atoms with E-state index in [4.69, 9.17) is 18.9 Å². The summed E-state index contributed by atoms with van der Waals surface area (Å²) in [4.78, 5) is 8.94. The van der Waals surface area contributed by atoms with Crippen LogP contribution < -0.4 is 4.74 Å². The second kappa shape index (κ2) is 13.9. The summed E-state index contributed by atoms with van der Waals surface area (Å²) in [6.07, 6.45) is -2.67. The fourth-order valence-electron chi connectivity index (χ4n) is 5.62. The van der Waals surface area contributed by atoms with E-state index in [-0.39, 0.29) is 42.6 Å². The highest BCUT2D eigenvalue weighted by molar-refractivity contribution is 7.93. The average molecular weight is 703 g/mol. The Balaban J connectivity index is 1.26. The normalized spacial score (nSPS) is 20.6. The highest BCUT2D eigenvalue weighted by Gasteiger charge is 2.55. The maximum Gasteiger partial charge on any atom is 0.311 e. The number of ether oxygens (including phenoxy) is 4. The summed E-state index contributed by atoms with van der Waals surface area (Å²) in [5.41, 5.74) is 3.47. The standard InChI is InChI=1S/C34H41F3N4O5SSi/c1-5-29-34(36,37)30(21-45-29)46-33-39-32-28(41(33)22-44-16-19-48(2,3)4)20-27(35)31(38-32)25-8-6-23(7-9-25)24-10-12-26(13-11-24)40-47(42)17-14-43-15-18-47/h6-13,20,29-30H,5,14-19,21-22H2,1-4H3/t29-,30-/m1/s1. The maximum absolute atomic E-state index is 15.7. The molecule has 2 aliphatic heterocycles. The zero-order chi connectivity index (χ0) is 34.1. The predicted molar refractivity (Wildman–Crippen MR) is 183 cm³/mol. The second-order valence-electron chi connectivity index (χ2n) is 13.4. The van der Waals surface area contributed by atoms with Gasteiger partial charge in [-0.15, -0.1) is 0 Å². The number of benzene rings is 2. The minimum atomic E-state index is -3.22. The van der Waals surface area contributed by atoms with E-state index < -0.39 is 41.8 Å². The van der Waals surface area contributed by atoms with Crippen molar-refractivity contribution in [3.8, 4) is 28.4 Å². The predicted octanol–water partition coefficient (Wildman–Crippen LogP) is 7.54. The van der Waals surface area contributed by atoms with Gasteiger partial charge in [-0.2, -0.15) is 18.1 Å². The van der Waals surface area contributed by atoms with Gasteiger partial charge in [-0.1, -0.05) is 63.0 Å². The second-order valence-corrected chi connectivity index (χ2v) is 21.5. The van der Waals surface area contributed by atoms with Crippen molar-refractivity contribution < 1.29 is 36.3 Å². The molecule has 4 heterocycles. The zero-order valence-corrected chi connectivity index (χ0v) is 29.4. The van der Waals surface area contributed by atoms with Gasteiger partial charge in [0.1, 0.15) is 18.5 Å². The number of halogens is 3. The molecule has 2 aromatic heterocycles. The molecule has 48 heavy (non-hydrogen) atoms. The number of nitrogens with zero attached hydrogens (tertiary/aromatic N) is 4. The van der Waals surface area contributed by atoms with Crippen molar-refractivity contribution in [2.75, 3.05) is 37.9 Å². The van der Waals surface area contributed by atoms with Crippen molar-refractivity contribution in [1.29, 1.82) is 0 Å². The van der Waals surface area contributed by atoms with Crippen molar-refractivity contribution in [2.45, 2.75) is 63.9 Å². The number of imidazole rings is 1. The van der Waals surface area contributed by atoms with Crippen LogP contribution in [0, 0.1) is 5.82 Å². The molecule has 0 radical (unpaired) electrons. The number of hydrogen-bond acceptors (Lipinski definition) is 8. The Morgan fingerprint density at radius 1 is 1.02 bits per heavy atom. The van der Waals surface area contributed by atoms with Crippen molar-refractivity contribution in [3.63, 3.8) is 0 Å². The van der Waals surface area contributed by atoms with E-state index in [9.17, 15) is 4.21 Å². The molecule has 6 rings (SSSR count). The summed E-state index contributed by atoms with van der Waals surface area (Å²) in [6, 6.07) is 16.8. The van der Waals surface area contributed by atoms with E-state index in [2.05, 4.69) is 34.0 Å². The molecule has 2 aliphatic rings. The highest BCUT2D eigenvalue weighted by Crippen LogP contribution is 2.37. The Morgan fingerprint density at radius 3 is 2.29 bits per heavy atom. The molecule has 9 nitrogen and oxygen atoms in total. The summed E-state index contributed by atoms with van der Waals surface area (Å²) in [7, 11) is -3.69. The zero-order valence-electron chi connectivity index (χ0n) is 27.6. The van der Waals surface area contributed by atoms with Gasteiger partial charge in [0.05, 0.1) is 52.3 Å². The first-order valence-electron chi connectivity index (χ1n) is 16.2. The van der Waals surface area contributed by atoms with Crippen LogP contribution in [0.4, 0.5) is 18.9 Å². The smallest absolute Gasteiger partial charge is 0.311 e. The van der Waals surface area contributed by atoms with Crippen molar-refractivity contribution >= 4 is 34.7 Å². The molecular weight excluding hydrogens is 662 g/mol. The minimum Gasteiger partial charge on any atom is -0.452 e. The van der Waals surface area contributed by atoms with Crippen molar-refractivity contribution in [2.24, 2.45) is 4.36 Å². The molecule has 14 heteroatoms. The van der Waals surface area contributed by atoms with Crippen LogP contribution in [-0.4, -0.2) is 82.9 Å². The SMILES string of the molecule is CC[C@H]1OC[C@@H](Oc2nc3nc(-c4ccc(-c5ccc(N=S6(=O)CCOCC6)cc5)cc4)c(F)cc3n2COCC[Si](C)(C)C)C1(F)F. The number of pyridine rings is 1. The Bertz CT molecular complexity index is 1860. The van der Waals surface area contributed by atoms with Gasteiger partial charge < -0.3 is 18.9 Å². The van der Waals surface area contributed by atoms with E-state index in [0.29, 0.717) is 42.6 Å². The molecule has 0 unspecified atom stereocenters. The van der Waals surface area contributed by atoms with Gasteiger partial charge >= 0.3 is 11.9 Å². The number of fused-ring (bicyclic) bond motifs is 1. The largest absolute Gasteiger partial charge is 0.452 e. The first-order valence-corrected chi connectivity index (χ1v) is 21.7. The molecule has 2 aromatic carbocycles. The van der Waals surface area contributed by atoms with E-state index in [1.54, 1.807) is 19.1 Å². The van der Waals surface area contributed by atoms with E-state index in [0.717, 1.165) is 17.2 Å². The molecule has 258 valence electrons. The van der Waals surface area contributed by atoms with Crippen molar-refractivity contribution in [3.05, 3.63) is 60.4 Å². The van der Waals surface area contributed by atoms with Gasteiger partial charge in [-0.3, -0.25) is 4.57 Å². The van der Waals surface area contributed by atoms with Gasteiger partial charge in [0.15, 0.2) is 17.6 Å². The van der Waals surface area contributed by atoms with Gasteiger partial charge in [0, 0.05) is 26.3 Å². The Labute approximate surface area is 280 Å². The molecule has 0 aliphatic carbocycles. The monoisotopic (exact) mass is 702 g/mol. The molecule has 0 bridgehead atoms. The lowest BCUT2D eigenvalue weighted by molar-refractivity contribution is -0.107. The molecule has 0 spiro atoms. The third kappa shape index (κ3) is 7.62. The lowest BCUT2D eigenvalue weighted by atomic mass is 10.0. The van der Waals surface area contributed by atoms with E-state index >= 15 is 13.2 Å². The topological polar surface area (TPSA) is 97.1 Å². The van der Waals surface area contributed by atoms with Crippen LogP contribution in [0.5, 0.6) is 6.01 Å². The van der Waals surface area contributed by atoms with Crippen LogP contribution in [0.3, 0.4) is 0 Å². The minimum absolute atomic E-state index is 0.0561. The van der Waals surface area contributed by atoms with Gasteiger partial charge in [-0.25, -0.2) is 13.6 Å². The average Bonchev–Trinajstić information content (AvgIpc) is 3.53. The Kier molecular flexibility index (Phi) is 10.0. The van der Waals surface area contributed by atoms with Crippen LogP contribution in [0.15, 0.2) is 59.0 Å². The first kappa shape index (κ1) is 34.6. The maximum atomic E-state index is 15.7. The molecular formula is C34H41F3N4O5SSi. The number of alkyl halides is 2. The number of hydrogen-bond donors (Lipinski definition) is 0. The van der Waals surface area contributed by atoms with Gasteiger partial charge in [0.25, 0.3) is 0 Å². The number of rotatable bonds is 11. The molecule has 2 fully saturated rings. The van der Waals surface area contributed by atoms with Crippen LogP contribution in [-0.2, 0) is 30.7 Å². The first-order chi connectivity index (χ1) is 22.8. The van der Waals surface area contributed by atoms with E-state index in [1.165, 1.54) is 10.6 Å². The quantitative estimate of drug-likeness (QED) is 0.118. The third-order valence-corrected chi connectivity index (χ3v) is 12.4. The summed E-state index contributed by atoms with van der Waals surface area (Å²) >= 11 is 0.